The van der Waals surface area contributed by atoms with E-state index >= 15 is 0 Å². The first kappa shape index (κ1) is 41.5. The molecular weight excluding hydrogens is 608 g/mol. The average Bonchev–Trinajstić information content (AvgIpc) is 3.82. The largest absolute Gasteiger partial charge is 0.480 e. The molecule has 0 spiro atoms. The number of amides is 5. The predicted octanol–water partition coefficient (Wildman–Crippen LogP) is -0.477. The summed E-state index contributed by atoms with van der Waals surface area (Å²) in [6.45, 7) is 9.66. The summed E-state index contributed by atoms with van der Waals surface area (Å²) in [6.07, 6.45) is 6.58. The lowest BCUT2D eigenvalue weighted by Gasteiger charge is -2.27. The van der Waals surface area contributed by atoms with E-state index in [-0.39, 0.29) is 37.5 Å². The number of rotatable bonds is 25. The van der Waals surface area contributed by atoms with Crippen LogP contribution >= 0.6 is 0 Å². The van der Waals surface area contributed by atoms with Gasteiger partial charge in [-0.1, -0.05) is 32.8 Å². The maximum atomic E-state index is 13.6. The minimum Gasteiger partial charge on any atom is -0.480 e. The van der Waals surface area contributed by atoms with Crippen LogP contribution in [-0.2, 0) is 28.8 Å². The van der Waals surface area contributed by atoms with Gasteiger partial charge in [0, 0.05) is 0 Å². The molecule has 5 amide bonds. The van der Waals surface area contributed by atoms with Crippen molar-refractivity contribution in [3.8, 4) is 0 Å². The van der Waals surface area contributed by atoms with Crippen molar-refractivity contribution in [3.05, 3.63) is 12.7 Å². The van der Waals surface area contributed by atoms with Crippen LogP contribution in [0.3, 0.4) is 0 Å². The van der Waals surface area contributed by atoms with Gasteiger partial charge in [0.25, 0.3) is 0 Å². The van der Waals surface area contributed by atoms with Crippen molar-refractivity contribution in [1.29, 1.82) is 0 Å². The minimum absolute atomic E-state index is 0.0139. The molecule has 6 atom stereocenters. The van der Waals surface area contributed by atoms with Gasteiger partial charge < -0.3 is 48.9 Å². The standard InChI is InChI=1S/C32H58N8O7/c1-5-10-22(28(42)39-25(18-21-13-14-21)31(45)40-26(32(46)47)17-19(2)3)37-30(44)24(12-7-9-16-34)38-29(43)23(11-6-8-15-33)36-27(41)20(4)35/h5,19-26H,1,6-18,33-35H2,2-4H3,(H,36,41)(H,37,44)(H,38,43)(H,39,42)(H,40,45)(H,46,47)/t20-,22-,23-,24-,25-,26-/m0/s1. The highest BCUT2D eigenvalue weighted by atomic mass is 16.4. The smallest absolute Gasteiger partial charge is 0.326 e. The molecule has 0 radical (unpaired) electrons. The highest BCUT2D eigenvalue weighted by Crippen LogP contribution is 2.33. The number of unbranched alkanes of at least 4 members (excludes halogenated alkanes) is 2. The zero-order chi connectivity index (χ0) is 35.5. The molecule has 0 aromatic carbocycles. The Kier molecular flexibility index (Phi) is 19.5. The second kappa shape index (κ2) is 22.1. The third kappa shape index (κ3) is 16.7. The van der Waals surface area contributed by atoms with E-state index < -0.39 is 71.8 Å². The van der Waals surface area contributed by atoms with E-state index in [1.807, 2.05) is 13.8 Å². The van der Waals surface area contributed by atoms with Gasteiger partial charge in [-0.2, -0.15) is 0 Å². The summed E-state index contributed by atoms with van der Waals surface area (Å²) < 4.78 is 0. The van der Waals surface area contributed by atoms with E-state index in [2.05, 4.69) is 33.2 Å². The van der Waals surface area contributed by atoms with Crippen molar-refractivity contribution in [2.45, 2.75) is 128 Å². The topological polar surface area (TPSA) is 261 Å². The fraction of sp³-hybridized carbons (Fsp3) is 0.750. The fourth-order valence-corrected chi connectivity index (χ4v) is 4.93. The molecule has 0 saturated heterocycles. The Labute approximate surface area is 278 Å². The first-order valence-corrected chi connectivity index (χ1v) is 16.7. The van der Waals surface area contributed by atoms with Crippen LogP contribution in [0.25, 0.3) is 0 Å². The third-order valence-corrected chi connectivity index (χ3v) is 7.83. The number of carbonyl (C=O) groups is 6. The number of nitrogens with one attached hydrogen (secondary N) is 5. The number of hydrogen-bond acceptors (Lipinski definition) is 9. The second-order valence-corrected chi connectivity index (χ2v) is 12.8. The number of aliphatic carboxylic acids is 1. The van der Waals surface area contributed by atoms with E-state index in [0.29, 0.717) is 45.2 Å². The van der Waals surface area contributed by atoms with E-state index in [0.717, 1.165) is 12.8 Å². The van der Waals surface area contributed by atoms with Gasteiger partial charge in [-0.05, 0) is 89.6 Å². The third-order valence-electron chi connectivity index (χ3n) is 7.83. The summed E-state index contributed by atoms with van der Waals surface area (Å²) in [5.41, 5.74) is 16.9. The zero-order valence-corrected chi connectivity index (χ0v) is 28.2. The van der Waals surface area contributed by atoms with Crippen LogP contribution in [0.5, 0.6) is 0 Å². The summed E-state index contributed by atoms with van der Waals surface area (Å²) in [6, 6.07) is -6.11. The van der Waals surface area contributed by atoms with Crippen LogP contribution in [0.4, 0.5) is 0 Å². The normalized spacial score (nSPS) is 16.5. The number of carbonyl (C=O) groups excluding carboxylic acids is 5. The zero-order valence-electron chi connectivity index (χ0n) is 28.2. The maximum Gasteiger partial charge on any atom is 0.326 e. The summed E-state index contributed by atoms with van der Waals surface area (Å²) >= 11 is 0. The molecule has 1 aliphatic carbocycles. The molecule has 0 aliphatic heterocycles. The molecule has 1 saturated carbocycles. The summed E-state index contributed by atoms with van der Waals surface area (Å²) in [4.78, 5) is 77.7. The molecule has 0 aromatic heterocycles. The van der Waals surface area contributed by atoms with Gasteiger partial charge in [0.15, 0.2) is 0 Å². The average molecular weight is 667 g/mol. The highest BCUT2D eigenvalue weighted by molar-refractivity contribution is 5.96. The molecule has 47 heavy (non-hydrogen) atoms. The first-order valence-electron chi connectivity index (χ1n) is 16.7. The highest BCUT2D eigenvalue weighted by Gasteiger charge is 2.35. The lowest BCUT2D eigenvalue weighted by Crippen LogP contribution is -2.59. The molecule has 15 heteroatoms. The van der Waals surface area contributed by atoms with Gasteiger partial charge >= 0.3 is 5.97 Å². The van der Waals surface area contributed by atoms with Crippen LogP contribution in [0.15, 0.2) is 12.7 Å². The van der Waals surface area contributed by atoms with Crippen LogP contribution < -0.4 is 43.8 Å². The van der Waals surface area contributed by atoms with Crippen LogP contribution in [0.2, 0.25) is 0 Å². The van der Waals surface area contributed by atoms with Crippen LogP contribution in [0.1, 0.15) is 91.4 Å². The van der Waals surface area contributed by atoms with E-state index in [4.69, 9.17) is 17.2 Å². The summed E-state index contributed by atoms with van der Waals surface area (Å²) in [5.74, 6) is -3.93. The van der Waals surface area contributed by atoms with E-state index in [1.54, 1.807) is 0 Å². The molecule has 12 N–H and O–H groups in total. The predicted molar refractivity (Wildman–Crippen MR) is 178 cm³/mol. The second-order valence-electron chi connectivity index (χ2n) is 12.8. The van der Waals surface area contributed by atoms with Gasteiger partial charge in [-0.15, -0.1) is 6.58 Å². The Hall–Kier alpha value is -3.56. The minimum atomic E-state index is -1.17. The SMILES string of the molecule is C=CC[C@H](NC(=O)[C@H](CCCCN)NC(=O)[C@H](CCCCN)NC(=O)[C@H](C)N)C(=O)N[C@@H](CC1CC1)C(=O)N[C@@H](CC(C)C)C(=O)O. The summed E-state index contributed by atoms with van der Waals surface area (Å²) in [7, 11) is 0. The molecule has 15 nitrogen and oxygen atoms in total. The Balaban J connectivity index is 3.12. The van der Waals surface area contributed by atoms with Crippen molar-refractivity contribution in [2.24, 2.45) is 29.0 Å². The van der Waals surface area contributed by atoms with Crippen LogP contribution in [0, 0.1) is 11.8 Å². The number of carboxylic acid groups (broad SMARTS) is 1. The van der Waals surface area contributed by atoms with Crippen LogP contribution in [-0.4, -0.2) is 90.0 Å². The van der Waals surface area contributed by atoms with Crippen molar-refractivity contribution in [1.82, 2.24) is 26.6 Å². The maximum absolute atomic E-state index is 13.6. The molecule has 1 rings (SSSR count). The molecule has 0 unspecified atom stereocenters. The number of carboxylic acids is 1. The molecule has 1 fully saturated rings. The van der Waals surface area contributed by atoms with E-state index in [1.165, 1.54) is 13.0 Å². The summed E-state index contributed by atoms with van der Waals surface area (Å²) in [5, 5.41) is 22.9. The van der Waals surface area contributed by atoms with Gasteiger partial charge in [0.1, 0.15) is 30.2 Å². The Bertz CT molecular complexity index is 1050. The fourth-order valence-electron chi connectivity index (χ4n) is 4.93. The molecule has 268 valence electrons. The molecule has 0 aromatic rings. The quantitative estimate of drug-likeness (QED) is 0.0446. The Morgan fingerprint density at radius 2 is 1.13 bits per heavy atom. The molecule has 0 bridgehead atoms. The molecule has 0 heterocycles. The molecular formula is C32H58N8O7. The lowest BCUT2D eigenvalue weighted by molar-refractivity contribution is -0.143. The number of nitrogens with two attached hydrogens (primary N) is 3. The lowest BCUT2D eigenvalue weighted by atomic mass is 10.0. The van der Waals surface area contributed by atoms with Crippen molar-refractivity contribution < 1.29 is 33.9 Å². The van der Waals surface area contributed by atoms with Gasteiger partial charge in [-0.25, -0.2) is 4.79 Å². The first-order chi connectivity index (χ1) is 22.2. The van der Waals surface area contributed by atoms with Gasteiger partial charge in [0.2, 0.25) is 29.5 Å². The molecule has 1 aliphatic rings. The number of hydrogen-bond donors (Lipinski definition) is 9. The van der Waals surface area contributed by atoms with Gasteiger partial charge in [-0.3, -0.25) is 24.0 Å². The Morgan fingerprint density at radius 1 is 0.702 bits per heavy atom. The monoisotopic (exact) mass is 666 g/mol. The van der Waals surface area contributed by atoms with Crippen molar-refractivity contribution in [2.75, 3.05) is 13.1 Å². The van der Waals surface area contributed by atoms with Crippen molar-refractivity contribution >= 4 is 35.5 Å². The Morgan fingerprint density at radius 3 is 1.55 bits per heavy atom. The van der Waals surface area contributed by atoms with Crippen molar-refractivity contribution in [3.63, 3.8) is 0 Å². The van der Waals surface area contributed by atoms with Gasteiger partial charge in [0.05, 0.1) is 6.04 Å². The van der Waals surface area contributed by atoms with E-state index in [9.17, 15) is 33.9 Å².